The number of nitrogens with one attached hydrogen (secondary N) is 1. The van der Waals surface area contributed by atoms with Crippen molar-refractivity contribution in [2.75, 3.05) is 13.2 Å². The van der Waals surface area contributed by atoms with Gasteiger partial charge in [0, 0.05) is 0 Å². The van der Waals surface area contributed by atoms with E-state index in [1.54, 1.807) is 37.4 Å². The summed E-state index contributed by atoms with van der Waals surface area (Å²) in [6, 6.07) is 14.1. The second-order valence-electron chi connectivity index (χ2n) is 5.24. The zero-order valence-corrected chi connectivity index (χ0v) is 14.2. The SMILES string of the molecule is CCOC(=O)c1ccc(OCC(=O)N/N=C/c2ccc(C)cc2)cc1. The lowest BCUT2D eigenvalue weighted by atomic mass is 10.2. The van der Waals surface area contributed by atoms with Gasteiger partial charge in [-0.2, -0.15) is 5.10 Å². The number of amides is 1. The van der Waals surface area contributed by atoms with Gasteiger partial charge >= 0.3 is 5.97 Å². The number of rotatable bonds is 7. The van der Waals surface area contributed by atoms with E-state index in [0.29, 0.717) is 17.9 Å². The summed E-state index contributed by atoms with van der Waals surface area (Å²) in [6.45, 7) is 3.89. The predicted molar refractivity (Wildman–Crippen MR) is 94.8 cm³/mol. The first kappa shape index (κ1) is 18.2. The number of ether oxygens (including phenoxy) is 2. The summed E-state index contributed by atoms with van der Waals surface area (Å²) < 4.78 is 10.2. The fraction of sp³-hybridized carbons (Fsp3) is 0.211. The zero-order chi connectivity index (χ0) is 18.1. The average molecular weight is 340 g/mol. The summed E-state index contributed by atoms with van der Waals surface area (Å²) in [7, 11) is 0. The molecule has 0 aliphatic rings. The molecule has 0 spiro atoms. The molecule has 25 heavy (non-hydrogen) atoms. The van der Waals surface area contributed by atoms with Crippen LogP contribution in [0.4, 0.5) is 0 Å². The molecule has 1 N–H and O–H groups in total. The number of hydrogen-bond donors (Lipinski definition) is 1. The Bertz CT molecular complexity index is 737. The number of nitrogens with zero attached hydrogens (tertiary/aromatic N) is 1. The van der Waals surface area contributed by atoms with Crippen LogP contribution in [0.3, 0.4) is 0 Å². The van der Waals surface area contributed by atoms with Crippen molar-refractivity contribution in [3.63, 3.8) is 0 Å². The summed E-state index contributed by atoms with van der Waals surface area (Å²) in [5, 5.41) is 3.88. The number of aryl methyl sites for hydroxylation is 1. The molecule has 2 rings (SSSR count). The Kier molecular flexibility index (Phi) is 6.71. The van der Waals surface area contributed by atoms with Gasteiger partial charge in [-0.3, -0.25) is 4.79 Å². The van der Waals surface area contributed by atoms with Gasteiger partial charge in [0.1, 0.15) is 5.75 Å². The van der Waals surface area contributed by atoms with Crippen molar-refractivity contribution in [3.05, 3.63) is 65.2 Å². The van der Waals surface area contributed by atoms with Gasteiger partial charge in [-0.15, -0.1) is 0 Å². The zero-order valence-electron chi connectivity index (χ0n) is 14.2. The maximum absolute atomic E-state index is 11.7. The summed E-state index contributed by atoms with van der Waals surface area (Å²) in [5.74, 6) is -0.291. The van der Waals surface area contributed by atoms with Gasteiger partial charge in [-0.25, -0.2) is 10.2 Å². The molecular weight excluding hydrogens is 320 g/mol. The lowest BCUT2D eigenvalue weighted by Crippen LogP contribution is -2.24. The minimum atomic E-state index is -0.391. The molecule has 0 saturated heterocycles. The van der Waals surface area contributed by atoms with E-state index < -0.39 is 5.97 Å². The van der Waals surface area contributed by atoms with Crippen LogP contribution in [0.2, 0.25) is 0 Å². The van der Waals surface area contributed by atoms with E-state index in [1.807, 2.05) is 31.2 Å². The Balaban J connectivity index is 1.77. The first-order chi connectivity index (χ1) is 12.1. The monoisotopic (exact) mass is 340 g/mol. The summed E-state index contributed by atoms with van der Waals surface area (Å²) in [6.07, 6.45) is 1.56. The van der Waals surface area contributed by atoms with E-state index in [9.17, 15) is 9.59 Å². The van der Waals surface area contributed by atoms with Crippen molar-refractivity contribution in [2.24, 2.45) is 5.10 Å². The van der Waals surface area contributed by atoms with Gasteiger partial charge in [-0.05, 0) is 43.7 Å². The van der Waals surface area contributed by atoms with E-state index in [0.717, 1.165) is 11.1 Å². The molecule has 0 bridgehead atoms. The number of esters is 1. The summed E-state index contributed by atoms with van der Waals surface area (Å²) in [5.41, 5.74) is 4.87. The first-order valence-electron chi connectivity index (χ1n) is 7.87. The van der Waals surface area contributed by atoms with Crippen LogP contribution in [0, 0.1) is 6.92 Å². The minimum absolute atomic E-state index is 0.177. The third-order valence-corrected chi connectivity index (χ3v) is 3.22. The van der Waals surface area contributed by atoms with Gasteiger partial charge in [0.25, 0.3) is 5.91 Å². The molecule has 0 aliphatic heterocycles. The Labute approximate surface area is 146 Å². The fourth-order valence-electron chi connectivity index (χ4n) is 1.91. The molecule has 0 atom stereocenters. The highest BCUT2D eigenvalue weighted by Gasteiger charge is 2.07. The molecule has 0 aromatic heterocycles. The van der Waals surface area contributed by atoms with Crippen molar-refractivity contribution in [3.8, 4) is 5.75 Å². The quantitative estimate of drug-likeness (QED) is 0.478. The molecule has 6 nitrogen and oxygen atoms in total. The standard InChI is InChI=1S/C19H20N2O4/c1-3-24-19(23)16-8-10-17(11-9-16)25-13-18(22)21-20-12-15-6-4-14(2)5-7-15/h4-12H,3,13H2,1-2H3,(H,21,22)/b20-12+. The van der Waals surface area contributed by atoms with Crippen LogP contribution in [-0.2, 0) is 9.53 Å². The van der Waals surface area contributed by atoms with Crippen LogP contribution in [0.15, 0.2) is 53.6 Å². The van der Waals surface area contributed by atoms with Crippen molar-refractivity contribution in [1.82, 2.24) is 5.43 Å². The number of carbonyl (C=O) groups is 2. The average Bonchev–Trinajstić information content (AvgIpc) is 2.62. The molecular formula is C19H20N2O4. The lowest BCUT2D eigenvalue weighted by molar-refractivity contribution is -0.123. The van der Waals surface area contributed by atoms with Crippen molar-refractivity contribution in [1.29, 1.82) is 0 Å². The summed E-state index contributed by atoms with van der Waals surface area (Å²) in [4.78, 5) is 23.2. The van der Waals surface area contributed by atoms with Gasteiger partial charge in [0.2, 0.25) is 0 Å². The lowest BCUT2D eigenvalue weighted by Gasteiger charge is -2.06. The van der Waals surface area contributed by atoms with Crippen molar-refractivity contribution >= 4 is 18.1 Å². The van der Waals surface area contributed by atoms with Gasteiger partial charge in [0.15, 0.2) is 6.61 Å². The molecule has 1 amide bonds. The van der Waals surface area contributed by atoms with Crippen LogP contribution in [0.5, 0.6) is 5.75 Å². The Morgan fingerprint density at radius 3 is 2.40 bits per heavy atom. The molecule has 130 valence electrons. The Morgan fingerprint density at radius 1 is 1.08 bits per heavy atom. The highest BCUT2D eigenvalue weighted by atomic mass is 16.5. The molecule has 0 aliphatic carbocycles. The smallest absolute Gasteiger partial charge is 0.338 e. The van der Waals surface area contributed by atoms with Crippen LogP contribution in [-0.4, -0.2) is 31.3 Å². The minimum Gasteiger partial charge on any atom is -0.484 e. The van der Waals surface area contributed by atoms with Crippen LogP contribution in [0.1, 0.15) is 28.4 Å². The highest BCUT2D eigenvalue weighted by molar-refractivity contribution is 5.89. The maximum atomic E-state index is 11.7. The molecule has 0 fully saturated rings. The molecule has 2 aromatic rings. The second kappa shape index (κ2) is 9.22. The molecule has 0 radical (unpaired) electrons. The van der Waals surface area contributed by atoms with E-state index in [1.165, 1.54) is 0 Å². The normalized spacial score (nSPS) is 10.5. The van der Waals surface area contributed by atoms with E-state index in [-0.39, 0.29) is 12.5 Å². The number of hydrazone groups is 1. The van der Waals surface area contributed by atoms with Crippen LogP contribution < -0.4 is 10.2 Å². The van der Waals surface area contributed by atoms with E-state index in [2.05, 4.69) is 10.5 Å². The maximum Gasteiger partial charge on any atom is 0.338 e. The van der Waals surface area contributed by atoms with Gasteiger partial charge in [-0.1, -0.05) is 29.8 Å². The van der Waals surface area contributed by atoms with Crippen molar-refractivity contribution in [2.45, 2.75) is 13.8 Å². The number of carbonyl (C=O) groups excluding carboxylic acids is 2. The van der Waals surface area contributed by atoms with E-state index >= 15 is 0 Å². The Morgan fingerprint density at radius 2 is 1.76 bits per heavy atom. The van der Waals surface area contributed by atoms with Crippen LogP contribution in [0.25, 0.3) is 0 Å². The summed E-state index contributed by atoms with van der Waals surface area (Å²) >= 11 is 0. The first-order valence-corrected chi connectivity index (χ1v) is 7.87. The number of hydrogen-bond acceptors (Lipinski definition) is 5. The van der Waals surface area contributed by atoms with Gasteiger partial charge < -0.3 is 9.47 Å². The van der Waals surface area contributed by atoms with Crippen molar-refractivity contribution < 1.29 is 19.1 Å². The molecule has 0 unspecified atom stereocenters. The molecule has 2 aromatic carbocycles. The largest absolute Gasteiger partial charge is 0.484 e. The van der Waals surface area contributed by atoms with E-state index in [4.69, 9.17) is 9.47 Å². The molecule has 0 saturated carbocycles. The van der Waals surface area contributed by atoms with Gasteiger partial charge in [0.05, 0.1) is 18.4 Å². The Hall–Kier alpha value is -3.15. The molecule has 0 heterocycles. The number of benzene rings is 2. The highest BCUT2D eigenvalue weighted by Crippen LogP contribution is 2.12. The molecule has 6 heteroatoms. The third kappa shape index (κ3) is 6.10. The van der Waals surface area contributed by atoms with Crippen LogP contribution >= 0.6 is 0 Å². The third-order valence-electron chi connectivity index (χ3n) is 3.22. The fourth-order valence-corrected chi connectivity index (χ4v) is 1.91. The second-order valence-corrected chi connectivity index (χ2v) is 5.24. The predicted octanol–water partition coefficient (Wildman–Crippen LogP) is 2.70. The topological polar surface area (TPSA) is 77.0 Å².